The lowest BCUT2D eigenvalue weighted by molar-refractivity contribution is 0.474. The fourth-order valence-corrected chi connectivity index (χ4v) is 1.85. The fourth-order valence-electron chi connectivity index (χ4n) is 1.85. The van der Waals surface area contributed by atoms with Gasteiger partial charge in [-0.15, -0.1) is 0 Å². The Labute approximate surface area is 97.4 Å². The molecule has 17 heavy (non-hydrogen) atoms. The molecule has 0 aliphatic heterocycles. The molecule has 0 amide bonds. The summed E-state index contributed by atoms with van der Waals surface area (Å²) >= 11 is 0. The van der Waals surface area contributed by atoms with Gasteiger partial charge in [0.05, 0.1) is 11.7 Å². The van der Waals surface area contributed by atoms with Crippen molar-refractivity contribution in [1.29, 1.82) is 0 Å². The normalized spacial score (nSPS) is 10.8. The zero-order valence-corrected chi connectivity index (χ0v) is 8.91. The van der Waals surface area contributed by atoms with Gasteiger partial charge in [-0.2, -0.15) is 0 Å². The molecule has 0 bridgehead atoms. The monoisotopic (exact) mass is 226 g/mol. The highest BCUT2D eigenvalue weighted by molar-refractivity contribution is 5.64. The van der Waals surface area contributed by atoms with Crippen LogP contribution in [0.5, 0.6) is 11.5 Å². The van der Waals surface area contributed by atoms with E-state index in [4.69, 9.17) is 0 Å². The maximum absolute atomic E-state index is 9.45. The Morgan fingerprint density at radius 2 is 1.82 bits per heavy atom. The summed E-state index contributed by atoms with van der Waals surface area (Å²) in [6.45, 7) is 0. The highest BCUT2D eigenvalue weighted by atomic mass is 16.3. The van der Waals surface area contributed by atoms with Crippen LogP contribution in [0.3, 0.4) is 0 Å². The minimum atomic E-state index is 0.207. The molecule has 0 aliphatic carbocycles. The quantitative estimate of drug-likeness (QED) is 0.670. The van der Waals surface area contributed by atoms with E-state index in [1.807, 2.05) is 10.5 Å². The van der Waals surface area contributed by atoms with Crippen molar-refractivity contribution in [2.75, 3.05) is 0 Å². The summed E-state index contributed by atoms with van der Waals surface area (Å²) in [5.41, 5.74) is 1.64. The van der Waals surface area contributed by atoms with Crippen molar-refractivity contribution in [3.8, 4) is 22.9 Å². The first-order chi connectivity index (χ1) is 8.24. The van der Waals surface area contributed by atoms with E-state index < -0.39 is 0 Å². The van der Waals surface area contributed by atoms with E-state index in [-0.39, 0.29) is 11.5 Å². The molecule has 1 aromatic carbocycles. The Morgan fingerprint density at radius 1 is 1.00 bits per heavy atom. The third-order valence-electron chi connectivity index (χ3n) is 2.62. The summed E-state index contributed by atoms with van der Waals surface area (Å²) in [7, 11) is 0. The molecule has 0 saturated carbocycles. The largest absolute Gasteiger partial charge is 0.508 e. The number of aromatic nitrogens is 2. The molecule has 2 heterocycles. The van der Waals surface area contributed by atoms with E-state index in [1.54, 1.807) is 42.7 Å². The Hall–Kier alpha value is -2.49. The first-order valence-corrected chi connectivity index (χ1v) is 5.19. The van der Waals surface area contributed by atoms with Crippen molar-refractivity contribution in [3.05, 3.63) is 48.8 Å². The molecule has 3 aromatic rings. The van der Waals surface area contributed by atoms with Crippen LogP contribution < -0.4 is 0 Å². The van der Waals surface area contributed by atoms with E-state index in [0.29, 0.717) is 0 Å². The van der Waals surface area contributed by atoms with Crippen LogP contribution in [0.4, 0.5) is 0 Å². The van der Waals surface area contributed by atoms with Gasteiger partial charge in [0.2, 0.25) is 0 Å². The van der Waals surface area contributed by atoms with Gasteiger partial charge in [-0.1, -0.05) is 12.1 Å². The smallest absolute Gasteiger partial charge is 0.144 e. The van der Waals surface area contributed by atoms with Gasteiger partial charge in [0.1, 0.15) is 17.3 Å². The Bertz CT molecular complexity index is 689. The van der Waals surface area contributed by atoms with E-state index >= 15 is 0 Å². The van der Waals surface area contributed by atoms with Crippen LogP contribution >= 0.6 is 0 Å². The zero-order valence-electron chi connectivity index (χ0n) is 8.91. The highest BCUT2D eigenvalue weighted by Crippen LogP contribution is 2.24. The van der Waals surface area contributed by atoms with Gasteiger partial charge in [0, 0.05) is 17.8 Å². The van der Waals surface area contributed by atoms with E-state index in [2.05, 4.69) is 4.98 Å². The van der Waals surface area contributed by atoms with E-state index in [9.17, 15) is 10.2 Å². The lowest BCUT2D eigenvalue weighted by Crippen LogP contribution is -1.88. The van der Waals surface area contributed by atoms with Gasteiger partial charge in [-0.05, 0) is 18.2 Å². The van der Waals surface area contributed by atoms with Crippen molar-refractivity contribution >= 4 is 5.52 Å². The maximum atomic E-state index is 9.45. The van der Waals surface area contributed by atoms with Gasteiger partial charge in [-0.3, -0.25) is 4.40 Å². The van der Waals surface area contributed by atoms with Crippen LogP contribution in [0.15, 0.2) is 48.8 Å². The number of imidazole rings is 1. The van der Waals surface area contributed by atoms with Crippen molar-refractivity contribution < 1.29 is 10.2 Å². The topological polar surface area (TPSA) is 57.8 Å². The molecule has 4 nitrogen and oxygen atoms in total. The molecular formula is C13H10N2O2. The lowest BCUT2D eigenvalue weighted by Gasteiger charge is -2.02. The summed E-state index contributed by atoms with van der Waals surface area (Å²) in [5.74, 6) is 1.15. The van der Waals surface area contributed by atoms with Crippen LogP contribution in [0, 0.1) is 0 Å². The minimum Gasteiger partial charge on any atom is -0.508 e. The summed E-state index contributed by atoms with van der Waals surface area (Å²) < 4.78 is 1.86. The molecule has 0 fully saturated rings. The minimum absolute atomic E-state index is 0.207. The van der Waals surface area contributed by atoms with Crippen molar-refractivity contribution in [1.82, 2.24) is 9.38 Å². The Morgan fingerprint density at radius 3 is 2.65 bits per heavy atom. The second kappa shape index (κ2) is 3.52. The van der Waals surface area contributed by atoms with Crippen LogP contribution in [0.1, 0.15) is 0 Å². The van der Waals surface area contributed by atoms with Gasteiger partial charge < -0.3 is 10.2 Å². The molecule has 0 unspecified atom stereocenters. The molecule has 0 atom stereocenters. The van der Waals surface area contributed by atoms with Gasteiger partial charge in [-0.25, -0.2) is 4.98 Å². The van der Waals surface area contributed by atoms with Crippen LogP contribution in [-0.4, -0.2) is 19.6 Å². The second-order valence-electron chi connectivity index (χ2n) is 3.81. The summed E-state index contributed by atoms with van der Waals surface area (Å²) in [6, 6.07) is 10.2. The Kier molecular flexibility index (Phi) is 2.01. The van der Waals surface area contributed by atoms with Crippen LogP contribution in [-0.2, 0) is 0 Å². The number of nitrogens with zero attached hydrogens (tertiary/aromatic N) is 2. The fraction of sp³-hybridized carbons (Fsp3) is 0. The number of hydrogen-bond acceptors (Lipinski definition) is 3. The highest BCUT2D eigenvalue weighted by Gasteiger charge is 2.06. The number of benzene rings is 1. The number of aromatic hydroxyl groups is 2. The number of phenolic OH excluding ortho intramolecular Hbond substituents is 1. The van der Waals surface area contributed by atoms with Gasteiger partial charge in [0.25, 0.3) is 0 Å². The predicted molar refractivity (Wildman–Crippen MR) is 64.0 cm³/mol. The third kappa shape index (κ3) is 1.59. The van der Waals surface area contributed by atoms with Crippen LogP contribution in [0.2, 0.25) is 0 Å². The summed E-state index contributed by atoms with van der Waals surface area (Å²) in [4.78, 5) is 4.29. The van der Waals surface area contributed by atoms with E-state index in [0.717, 1.165) is 16.9 Å². The molecule has 0 radical (unpaired) electrons. The number of hydrogen-bond donors (Lipinski definition) is 2. The maximum Gasteiger partial charge on any atom is 0.144 e. The molecule has 4 heteroatoms. The predicted octanol–water partition coefficient (Wildman–Crippen LogP) is 2.41. The van der Waals surface area contributed by atoms with Crippen LogP contribution in [0.25, 0.3) is 16.9 Å². The number of phenols is 1. The summed E-state index contributed by atoms with van der Waals surface area (Å²) in [6.07, 6.45) is 3.43. The molecule has 2 N–H and O–H groups in total. The van der Waals surface area contributed by atoms with Crippen molar-refractivity contribution in [3.63, 3.8) is 0 Å². The SMILES string of the molecule is Oc1cccc(-c2ncc3cc(O)ccn23)c1. The number of pyridine rings is 1. The molecule has 2 aromatic heterocycles. The number of fused-ring (bicyclic) bond motifs is 1. The average Bonchev–Trinajstić information content (AvgIpc) is 2.71. The second-order valence-corrected chi connectivity index (χ2v) is 3.81. The van der Waals surface area contributed by atoms with Gasteiger partial charge in [0.15, 0.2) is 0 Å². The third-order valence-corrected chi connectivity index (χ3v) is 2.62. The Balaban J connectivity index is 2.24. The molecule has 3 rings (SSSR count). The molecule has 84 valence electrons. The zero-order chi connectivity index (χ0) is 11.8. The molecule has 0 saturated heterocycles. The van der Waals surface area contributed by atoms with Crippen molar-refractivity contribution in [2.45, 2.75) is 0 Å². The first kappa shape index (κ1) is 9.72. The van der Waals surface area contributed by atoms with E-state index in [1.165, 1.54) is 0 Å². The molecule has 0 aliphatic rings. The standard InChI is InChI=1S/C13H10N2O2/c16-11-3-1-2-9(6-11)13-14-8-10-7-12(17)4-5-15(10)13/h1-8,16-17H. The summed E-state index contributed by atoms with van der Waals surface area (Å²) in [5, 5.41) is 18.8. The number of rotatable bonds is 1. The average molecular weight is 226 g/mol. The first-order valence-electron chi connectivity index (χ1n) is 5.19. The van der Waals surface area contributed by atoms with Gasteiger partial charge >= 0.3 is 0 Å². The molecular weight excluding hydrogens is 216 g/mol. The lowest BCUT2D eigenvalue weighted by atomic mass is 10.2. The van der Waals surface area contributed by atoms with Crippen molar-refractivity contribution in [2.24, 2.45) is 0 Å². The molecule has 0 spiro atoms.